The van der Waals surface area contributed by atoms with E-state index in [0.29, 0.717) is 13.2 Å². The number of rotatable bonds is 5. The first-order valence-corrected chi connectivity index (χ1v) is 5.81. The van der Waals surface area contributed by atoms with Gasteiger partial charge in [0.25, 0.3) is 0 Å². The average molecular weight is 226 g/mol. The fraction of sp³-hybridized carbons (Fsp3) is 0.769. The third kappa shape index (κ3) is 3.34. The van der Waals surface area contributed by atoms with Gasteiger partial charge in [0.1, 0.15) is 12.7 Å². The Morgan fingerprint density at radius 3 is 2.50 bits per heavy atom. The third-order valence-electron chi connectivity index (χ3n) is 3.03. The molecule has 1 rings (SSSR count). The summed E-state index contributed by atoms with van der Waals surface area (Å²) in [6.07, 6.45) is 2.13. The van der Waals surface area contributed by atoms with E-state index in [0.717, 1.165) is 5.57 Å². The van der Waals surface area contributed by atoms with Crippen LogP contribution in [0, 0.1) is 11.3 Å². The van der Waals surface area contributed by atoms with E-state index < -0.39 is 5.41 Å². The van der Waals surface area contributed by atoms with Gasteiger partial charge in [-0.25, -0.2) is 0 Å². The predicted octanol–water partition coefficient (Wildman–Crippen LogP) is 2.56. The normalized spacial score (nSPS) is 22.5. The Morgan fingerprint density at radius 1 is 1.56 bits per heavy atom. The minimum Gasteiger partial charge on any atom is -0.462 e. The highest BCUT2D eigenvalue weighted by molar-refractivity contribution is 5.79. The van der Waals surface area contributed by atoms with Gasteiger partial charge < -0.3 is 9.47 Å². The summed E-state index contributed by atoms with van der Waals surface area (Å²) >= 11 is 0. The Balaban J connectivity index is 2.66. The minimum atomic E-state index is -0.534. The lowest BCUT2D eigenvalue weighted by Crippen LogP contribution is -2.34. The molecule has 0 spiro atoms. The lowest BCUT2D eigenvalue weighted by molar-refractivity contribution is -0.154. The van der Waals surface area contributed by atoms with Crippen LogP contribution in [0.25, 0.3) is 0 Å². The van der Waals surface area contributed by atoms with Crippen molar-refractivity contribution in [3.05, 3.63) is 11.6 Å². The van der Waals surface area contributed by atoms with E-state index in [2.05, 4.69) is 0 Å². The molecule has 0 N–H and O–H groups in total. The van der Waals surface area contributed by atoms with Crippen molar-refractivity contribution in [1.82, 2.24) is 0 Å². The van der Waals surface area contributed by atoms with Crippen LogP contribution >= 0.6 is 0 Å². The molecule has 16 heavy (non-hydrogen) atoms. The molecule has 1 saturated heterocycles. The first-order chi connectivity index (χ1) is 7.36. The standard InChI is InChI=1S/C13H22O3/c1-9(2)6-13(5,10(3)4)12(14)16-8-11-7-15-11/h6,10-11H,7-8H2,1-5H3. The molecule has 1 fully saturated rings. The maximum absolute atomic E-state index is 12.1. The van der Waals surface area contributed by atoms with E-state index in [9.17, 15) is 4.79 Å². The smallest absolute Gasteiger partial charge is 0.316 e. The van der Waals surface area contributed by atoms with Crippen LogP contribution in [-0.2, 0) is 14.3 Å². The quantitative estimate of drug-likeness (QED) is 0.411. The summed E-state index contributed by atoms with van der Waals surface area (Å²) in [5.41, 5.74) is 0.601. The number of carbonyl (C=O) groups excluding carboxylic acids is 1. The van der Waals surface area contributed by atoms with Gasteiger partial charge in [-0.2, -0.15) is 0 Å². The van der Waals surface area contributed by atoms with Crippen molar-refractivity contribution in [3.63, 3.8) is 0 Å². The first kappa shape index (κ1) is 13.2. The topological polar surface area (TPSA) is 38.8 Å². The van der Waals surface area contributed by atoms with E-state index in [4.69, 9.17) is 9.47 Å². The van der Waals surface area contributed by atoms with Gasteiger partial charge in [0.05, 0.1) is 12.0 Å². The number of carbonyl (C=O) groups is 1. The summed E-state index contributed by atoms with van der Waals surface area (Å²) in [4.78, 5) is 12.1. The third-order valence-corrected chi connectivity index (χ3v) is 3.03. The van der Waals surface area contributed by atoms with Crippen LogP contribution in [0.15, 0.2) is 11.6 Å². The predicted molar refractivity (Wildman–Crippen MR) is 63.1 cm³/mol. The summed E-state index contributed by atoms with van der Waals surface area (Å²) in [7, 11) is 0. The Hall–Kier alpha value is -0.830. The molecular weight excluding hydrogens is 204 g/mol. The van der Waals surface area contributed by atoms with Crippen LogP contribution in [0.3, 0.4) is 0 Å². The molecule has 1 aliphatic rings. The second-order valence-electron chi connectivity index (χ2n) is 5.21. The number of allylic oxidation sites excluding steroid dienone is 1. The number of epoxide rings is 1. The maximum atomic E-state index is 12.1. The fourth-order valence-electron chi connectivity index (χ4n) is 1.55. The zero-order valence-electron chi connectivity index (χ0n) is 10.9. The second kappa shape index (κ2) is 5.00. The van der Waals surface area contributed by atoms with Gasteiger partial charge in [0, 0.05) is 0 Å². The molecule has 1 aliphatic heterocycles. The van der Waals surface area contributed by atoms with Crippen molar-refractivity contribution in [2.75, 3.05) is 13.2 Å². The Labute approximate surface area is 97.8 Å². The van der Waals surface area contributed by atoms with Crippen molar-refractivity contribution in [3.8, 4) is 0 Å². The maximum Gasteiger partial charge on any atom is 0.316 e. The van der Waals surface area contributed by atoms with Gasteiger partial charge in [-0.3, -0.25) is 4.79 Å². The molecule has 0 aromatic carbocycles. The first-order valence-electron chi connectivity index (χ1n) is 5.81. The molecule has 92 valence electrons. The van der Waals surface area contributed by atoms with E-state index in [1.54, 1.807) is 0 Å². The molecule has 3 nitrogen and oxygen atoms in total. The van der Waals surface area contributed by atoms with Gasteiger partial charge in [-0.1, -0.05) is 25.5 Å². The van der Waals surface area contributed by atoms with Crippen LogP contribution < -0.4 is 0 Å². The Kier molecular flexibility index (Phi) is 4.14. The summed E-state index contributed by atoms with van der Waals surface area (Å²) in [5.74, 6) is 0.0641. The van der Waals surface area contributed by atoms with Crippen molar-refractivity contribution in [2.24, 2.45) is 11.3 Å². The van der Waals surface area contributed by atoms with Gasteiger partial charge >= 0.3 is 5.97 Å². The zero-order chi connectivity index (χ0) is 12.3. The molecule has 2 atom stereocenters. The number of hydrogen-bond acceptors (Lipinski definition) is 3. The van der Waals surface area contributed by atoms with Crippen LogP contribution in [0.4, 0.5) is 0 Å². The van der Waals surface area contributed by atoms with Crippen molar-refractivity contribution >= 4 is 5.97 Å². The number of hydrogen-bond donors (Lipinski definition) is 0. The van der Waals surface area contributed by atoms with Crippen LogP contribution in [0.5, 0.6) is 0 Å². The number of ether oxygens (including phenoxy) is 2. The highest BCUT2D eigenvalue weighted by atomic mass is 16.6. The highest BCUT2D eigenvalue weighted by Gasteiger charge is 2.37. The molecule has 2 unspecified atom stereocenters. The summed E-state index contributed by atoms with van der Waals surface area (Å²) in [6.45, 7) is 11.1. The SMILES string of the molecule is CC(C)=CC(C)(C(=O)OCC1CO1)C(C)C. The summed E-state index contributed by atoms with van der Waals surface area (Å²) in [5, 5.41) is 0. The fourth-order valence-corrected chi connectivity index (χ4v) is 1.55. The molecule has 0 radical (unpaired) electrons. The zero-order valence-corrected chi connectivity index (χ0v) is 10.9. The van der Waals surface area contributed by atoms with E-state index in [1.165, 1.54) is 0 Å². The van der Waals surface area contributed by atoms with Crippen LogP contribution in [0.1, 0.15) is 34.6 Å². The number of esters is 1. The molecule has 0 aromatic rings. The Bertz CT molecular complexity index is 286. The lowest BCUT2D eigenvalue weighted by Gasteiger charge is -2.28. The van der Waals surface area contributed by atoms with Gasteiger partial charge in [0.2, 0.25) is 0 Å². The molecule has 0 amide bonds. The molecule has 0 bridgehead atoms. The Morgan fingerprint density at radius 2 is 2.12 bits per heavy atom. The van der Waals surface area contributed by atoms with Gasteiger partial charge in [-0.15, -0.1) is 0 Å². The molecule has 0 saturated carbocycles. The molecule has 0 aromatic heterocycles. The largest absolute Gasteiger partial charge is 0.462 e. The van der Waals surface area contributed by atoms with E-state index >= 15 is 0 Å². The van der Waals surface area contributed by atoms with Gasteiger partial charge in [0.15, 0.2) is 0 Å². The second-order valence-corrected chi connectivity index (χ2v) is 5.21. The minimum absolute atomic E-state index is 0.132. The summed E-state index contributed by atoms with van der Waals surface area (Å²) in [6, 6.07) is 0. The molecule has 1 heterocycles. The van der Waals surface area contributed by atoms with Crippen LogP contribution in [-0.4, -0.2) is 25.3 Å². The van der Waals surface area contributed by atoms with Crippen molar-refractivity contribution in [1.29, 1.82) is 0 Å². The van der Waals surface area contributed by atoms with E-state index in [-0.39, 0.29) is 18.0 Å². The molecule has 3 heteroatoms. The van der Waals surface area contributed by atoms with E-state index in [1.807, 2.05) is 40.7 Å². The van der Waals surface area contributed by atoms with Crippen molar-refractivity contribution < 1.29 is 14.3 Å². The molecule has 0 aliphatic carbocycles. The lowest BCUT2D eigenvalue weighted by atomic mass is 9.78. The summed E-state index contributed by atoms with van der Waals surface area (Å²) < 4.78 is 10.3. The highest BCUT2D eigenvalue weighted by Crippen LogP contribution is 2.32. The van der Waals surface area contributed by atoms with Crippen LogP contribution in [0.2, 0.25) is 0 Å². The average Bonchev–Trinajstić information content (AvgIpc) is 2.95. The monoisotopic (exact) mass is 226 g/mol. The van der Waals surface area contributed by atoms with Crippen molar-refractivity contribution in [2.45, 2.75) is 40.7 Å². The molecular formula is C13H22O3. The van der Waals surface area contributed by atoms with Gasteiger partial charge in [-0.05, 0) is 26.7 Å².